The molecule has 0 spiro atoms. The van der Waals surface area contributed by atoms with E-state index in [0.29, 0.717) is 28.5 Å². The molecule has 0 bridgehead atoms. The Balaban J connectivity index is 1.57. The highest BCUT2D eigenvalue weighted by Gasteiger charge is 2.23. The molecule has 30 heavy (non-hydrogen) atoms. The Morgan fingerprint density at radius 2 is 1.67 bits per heavy atom. The number of amides is 2. The maximum absolute atomic E-state index is 12.4. The van der Waals surface area contributed by atoms with Crippen LogP contribution in [0, 0.1) is 6.92 Å². The molecule has 1 aliphatic rings. The van der Waals surface area contributed by atoms with E-state index in [0.717, 1.165) is 17.1 Å². The highest BCUT2D eigenvalue weighted by atomic mass is 32.2. The zero-order valence-electron chi connectivity index (χ0n) is 17.2. The zero-order valence-corrected chi connectivity index (χ0v) is 18.0. The van der Waals surface area contributed by atoms with E-state index in [1.54, 1.807) is 43.3 Å². The smallest absolute Gasteiger partial charge is 0.251 e. The van der Waals surface area contributed by atoms with Gasteiger partial charge in [0, 0.05) is 37.1 Å². The Bertz CT molecular complexity index is 1050. The lowest BCUT2D eigenvalue weighted by molar-refractivity contribution is -0.114. The van der Waals surface area contributed by atoms with Crippen molar-refractivity contribution in [3.8, 4) is 0 Å². The SMILES string of the molecule is Cc1ccc(NC(=O)CNc2ccc(C(=O)NC3CC3)cc2)cc1S(=O)(=O)N(C)C. The van der Waals surface area contributed by atoms with Gasteiger partial charge in [0.25, 0.3) is 5.91 Å². The fraction of sp³-hybridized carbons (Fsp3) is 0.333. The van der Waals surface area contributed by atoms with Crippen LogP contribution in [-0.2, 0) is 14.8 Å². The summed E-state index contributed by atoms with van der Waals surface area (Å²) in [4.78, 5) is 24.4. The van der Waals surface area contributed by atoms with Gasteiger partial charge in [-0.1, -0.05) is 6.07 Å². The first-order chi connectivity index (χ1) is 14.2. The highest BCUT2D eigenvalue weighted by molar-refractivity contribution is 7.89. The van der Waals surface area contributed by atoms with E-state index in [1.807, 2.05) is 0 Å². The number of anilines is 2. The second-order valence-corrected chi connectivity index (χ2v) is 9.61. The number of hydrogen-bond acceptors (Lipinski definition) is 5. The number of carbonyl (C=O) groups excluding carboxylic acids is 2. The summed E-state index contributed by atoms with van der Waals surface area (Å²) in [7, 11) is -0.676. The lowest BCUT2D eigenvalue weighted by Gasteiger charge is -2.15. The minimum absolute atomic E-state index is 0.00272. The van der Waals surface area contributed by atoms with E-state index in [-0.39, 0.29) is 23.3 Å². The van der Waals surface area contributed by atoms with Gasteiger partial charge in [-0.15, -0.1) is 0 Å². The summed E-state index contributed by atoms with van der Waals surface area (Å²) >= 11 is 0. The summed E-state index contributed by atoms with van der Waals surface area (Å²) in [6.45, 7) is 1.70. The average molecular weight is 431 g/mol. The molecule has 0 saturated heterocycles. The summed E-state index contributed by atoms with van der Waals surface area (Å²) in [6, 6.07) is 12.0. The molecule has 3 rings (SSSR count). The molecule has 2 aromatic carbocycles. The van der Waals surface area contributed by atoms with Crippen molar-refractivity contribution < 1.29 is 18.0 Å². The van der Waals surface area contributed by atoms with Crippen LogP contribution in [0.15, 0.2) is 47.4 Å². The normalized spacial score (nSPS) is 13.7. The molecule has 2 amide bonds. The van der Waals surface area contributed by atoms with Gasteiger partial charge in [0.2, 0.25) is 15.9 Å². The second-order valence-electron chi connectivity index (χ2n) is 7.49. The van der Waals surface area contributed by atoms with Crippen LogP contribution in [0.5, 0.6) is 0 Å². The number of nitrogens with one attached hydrogen (secondary N) is 3. The molecule has 9 heteroatoms. The summed E-state index contributed by atoms with van der Waals surface area (Å²) in [5.41, 5.74) is 2.28. The highest BCUT2D eigenvalue weighted by Crippen LogP contribution is 2.22. The first kappa shape index (κ1) is 21.8. The van der Waals surface area contributed by atoms with Crippen molar-refractivity contribution >= 4 is 33.2 Å². The van der Waals surface area contributed by atoms with Crippen LogP contribution in [-0.4, -0.2) is 51.2 Å². The molecule has 0 radical (unpaired) electrons. The summed E-state index contributed by atoms with van der Waals surface area (Å²) in [5.74, 6) is -0.410. The van der Waals surface area contributed by atoms with Crippen molar-refractivity contribution in [2.75, 3.05) is 31.3 Å². The molecule has 0 atom stereocenters. The van der Waals surface area contributed by atoms with Gasteiger partial charge < -0.3 is 16.0 Å². The largest absolute Gasteiger partial charge is 0.376 e. The number of hydrogen-bond donors (Lipinski definition) is 3. The van der Waals surface area contributed by atoms with Crippen LogP contribution < -0.4 is 16.0 Å². The summed E-state index contributed by atoms with van der Waals surface area (Å²) in [6.07, 6.45) is 2.06. The quantitative estimate of drug-likeness (QED) is 0.595. The first-order valence-electron chi connectivity index (χ1n) is 9.64. The molecule has 1 saturated carbocycles. The Hall–Kier alpha value is -2.91. The van der Waals surface area contributed by atoms with Crippen LogP contribution in [0.2, 0.25) is 0 Å². The maximum atomic E-state index is 12.4. The Morgan fingerprint density at radius 3 is 2.27 bits per heavy atom. The second kappa shape index (κ2) is 8.85. The lowest BCUT2D eigenvalue weighted by atomic mass is 10.2. The van der Waals surface area contributed by atoms with Crippen LogP contribution in [0.4, 0.5) is 11.4 Å². The van der Waals surface area contributed by atoms with Gasteiger partial charge >= 0.3 is 0 Å². The Labute approximate surface area is 176 Å². The van der Waals surface area contributed by atoms with Crippen molar-refractivity contribution in [3.63, 3.8) is 0 Å². The fourth-order valence-corrected chi connectivity index (χ4v) is 3.92. The summed E-state index contributed by atoms with van der Waals surface area (Å²) in [5, 5.41) is 8.61. The van der Waals surface area contributed by atoms with Gasteiger partial charge in [0.1, 0.15) is 0 Å². The molecular weight excluding hydrogens is 404 g/mol. The van der Waals surface area contributed by atoms with Gasteiger partial charge in [-0.05, 0) is 61.7 Å². The van der Waals surface area contributed by atoms with Crippen molar-refractivity contribution in [2.45, 2.75) is 30.7 Å². The maximum Gasteiger partial charge on any atom is 0.251 e. The van der Waals surface area contributed by atoms with Gasteiger partial charge in [-0.2, -0.15) is 0 Å². The van der Waals surface area contributed by atoms with Crippen LogP contribution in [0.3, 0.4) is 0 Å². The van der Waals surface area contributed by atoms with Crippen molar-refractivity contribution in [3.05, 3.63) is 53.6 Å². The van der Waals surface area contributed by atoms with E-state index in [9.17, 15) is 18.0 Å². The number of nitrogens with zero attached hydrogens (tertiary/aromatic N) is 1. The van der Waals surface area contributed by atoms with Crippen LogP contribution in [0.1, 0.15) is 28.8 Å². The van der Waals surface area contributed by atoms with E-state index in [4.69, 9.17) is 0 Å². The third kappa shape index (κ3) is 5.37. The minimum atomic E-state index is -3.60. The third-order valence-electron chi connectivity index (χ3n) is 4.74. The number of sulfonamides is 1. The van der Waals surface area contributed by atoms with Crippen LogP contribution >= 0.6 is 0 Å². The molecule has 1 aliphatic carbocycles. The van der Waals surface area contributed by atoms with Gasteiger partial charge in [0.05, 0.1) is 11.4 Å². The molecule has 0 aromatic heterocycles. The van der Waals surface area contributed by atoms with E-state index in [2.05, 4.69) is 16.0 Å². The van der Waals surface area contributed by atoms with Crippen LogP contribution in [0.25, 0.3) is 0 Å². The molecule has 160 valence electrons. The Morgan fingerprint density at radius 1 is 1.03 bits per heavy atom. The van der Waals surface area contributed by atoms with Gasteiger partial charge in [-0.3, -0.25) is 9.59 Å². The number of carbonyl (C=O) groups is 2. The Kier molecular flexibility index (Phi) is 6.42. The number of rotatable bonds is 8. The standard InChI is InChI=1S/C21H26N4O4S/c1-14-4-7-18(12-19(14)30(28,29)25(2)3)23-20(26)13-22-16-8-5-15(6-9-16)21(27)24-17-10-11-17/h4-9,12,17,22H,10-11,13H2,1-3H3,(H,23,26)(H,24,27). The molecule has 3 N–H and O–H groups in total. The number of aryl methyl sites for hydroxylation is 1. The van der Waals surface area contributed by atoms with Crippen molar-refractivity contribution in [1.82, 2.24) is 9.62 Å². The average Bonchev–Trinajstić information content (AvgIpc) is 3.52. The third-order valence-corrected chi connectivity index (χ3v) is 6.70. The molecule has 0 heterocycles. The zero-order chi connectivity index (χ0) is 21.9. The lowest BCUT2D eigenvalue weighted by Crippen LogP contribution is -2.25. The predicted octanol–water partition coefficient (Wildman–Crippen LogP) is 2.19. The molecular formula is C21H26N4O4S. The predicted molar refractivity (Wildman–Crippen MR) is 116 cm³/mol. The molecule has 8 nitrogen and oxygen atoms in total. The fourth-order valence-electron chi connectivity index (χ4n) is 2.78. The molecule has 2 aromatic rings. The minimum Gasteiger partial charge on any atom is -0.376 e. The molecule has 0 unspecified atom stereocenters. The number of benzene rings is 2. The monoisotopic (exact) mass is 430 g/mol. The molecule has 1 fully saturated rings. The first-order valence-corrected chi connectivity index (χ1v) is 11.1. The van der Waals surface area contributed by atoms with Gasteiger partial charge in [-0.25, -0.2) is 12.7 Å². The van der Waals surface area contributed by atoms with Gasteiger partial charge in [0.15, 0.2) is 0 Å². The van der Waals surface area contributed by atoms with E-state index < -0.39 is 10.0 Å². The van der Waals surface area contributed by atoms with E-state index >= 15 is 0 Å². The topological polar surface area (TPSA) is 108 Å². The van der Waals surface area contributed by atoms with E-state index in [1.165, 1.54) is 20.2 Å². The van der Waals surface area contributed by atoms with Crippen molar-refractivity contribution in [2.24, 2.45) is 0 Å². The van der Waals surface area contributed by atoms with Crippen molar-refractivity contribution in [1.29, 1.82) is 0 Å². The molecule has 0 aliphatic heterocycles. The summed E-state index contributed by atoms with van der Waals surface area (Å²) < 4.78 is 26.0.